The smallest absolute Gasteiger partial charge is 0.312 e. The number of fused-ring (bicyclic) bond motifs is 3. The van der Waals surface area contributed by atoms with Gasteiger partial charge in [-0.2, -0.15) is 8.42 Å². The van der Waals surface area contributed by atoms with Crippen LogP contribution in [-0.4, -0.2) is 25.5 Å². The first-order chi connectivity index (χ1) is 14.9. The Kier molecular flexibility index (Phi) is 7.45. The Morgan fingerprint density at radius 1 is 1.19 bits per heavy atom. The minimum Gasteiger partial charge on any atom is -0.465 e. The van der Waals surface area contributed by atoms with Gasteiger partial charge in [0.1, 0.15) is 0 Å². The van der Waals surface area contributed by atoms with E-state index in [4.69, 9.17) is 4.74 Å². The van der Waals surface area contributed by atoms with E-state index in [1.165, 1.54) is 0 Å². The number of carbonyl (C=O) groups excluding carboxylic acids is 1. The predicted molar refractivity (Wildman–Crippen MR) is 127 cm³/mol. The molecule has 0 aliphatic heterocycles. The number of ether oxygens (including phenoxy) is 1. The van der Waals surface area contributed by atoms with Crippen LogP contribution in [-0.2, 0) is 31.5 Å². The Bertz CT molecular complexity index is 951. The lowest BCUT2D eigenvalue weighted by Gasteiger charge is -2.54. The third-order valence-corrected chi connectivity index (χ3v) is 8.99. The molecule has 1 aromatic rings. The van der Waals surface area contributed by atoms with Crippen LogP contribution >= 0.6 is 0 Å². The number of hydrogen-bond donors (Lipinski definition) is 1. The van der Waals surface area contributed by atoms with E-state index < -0.39 is 15.5 Å². The third-order valence-electron chi connectivity index (χ3n) is 8.08. The van der Waals surface area contributed by atoms with Gasteiger partial charge < -0.3 is 4.74 Å². The lowest BCUT2D eigenvalue weighted by atomic mass is 9.49. The maximum atomic E-state index is 13.3. The van der Waals surface area contributed by atoms with Crippen molar-refractivity contribution in [3.8, 4) is 0 Å². The van der Waals surface area contributed by atoms with Gasteiger partial charge in [0, 0.05) is 0 Å². The summed E-state index contributed by atoms with van der Waals surface area (Å²) < 4.78 is 40.2. The van der Waals surface area contributed by atoms with Crippen LogP contribution in [0.2, 0.25) is 0 Å². The number of esters is 1. The van der Waals surface area contributed by atoms with Crippen LogP contribution in [0.1, 0.15) is 109 Å². The molecular weight excluding hydrogens is 424 g/mol. The normalized spacial score (nSPS) is 27.7. The van der Waals surface area contributed by atoms with E-state index in [1.807, 2.05) is 26.8 Å². The molecule has 1 aromatic carbocycles. The van der Waals surface area contributed by atoms with Gasteiger partial charge in [0.15, 0.2) is 0 Å². The fourth-order valence-electron chi connectivity index (χ4n) is 6.29. The lowest BCUT2D eigenvalue weighted by Crippen LogP contribution is -2.53. The topological polar surface area (TPSA) is 80.7 Å². The number of rotatable bonds is 8. The Balaban J connectivity index is 1.95. The van der Waals surface area contributed by atoms with Crippen LogP contribution < -0.4 is 0 Å². The van der Waals surface area contributed by atoms with Crippen molar-refractivity contribution in [1.29, 1.82) is 0 Å². The Hall–Kier alpha value is -1.40. The summed E-state index contributed by atoms with van der Waals surface area (Å²) in [5.74, 6) is -0.0391. The molecule has 0 heterocycles. The maximum absolute atomic E-state index is 13.3. The van der Waals surface area contributed by atoms with Gasteiger partial charge in [-0.25, -0.2) is 0 Å². The average Bonchev–Trinajstić information content (AvgIpc) is 2.71. The maximum Gasteiger partial charge on any atom is 0.312 e. The quantitative estimate of drug-likeness (QED) is 0.282. The molecule has 6 heteroatoms. The molecule has 180 valence electrons. The van der Waals surface area contributed by atoms with Crippen LogP contribution in [0.3, 0.4) is 0 Å². The van der Waals surface area contributed by atoms with E-state index in [0.717, 1.165) is 68.9 Å². The van der Waals surface area contributed by atoms with Crippen LogP contribution in [0, 0.1) is 11.3 Å². The molecule has 0 spiro atoms. The van der Waals surface area contributed by atoms with Crippen LogP contribution in [0.5, 0.6) is 0 Å². The number of carbonyl (C=O) groups is 1. The van der Waals surface area contributed by atoms with E-state index in [0.29, 0.717) is 12.2 Å². The summed E-state index contributed by atoms with van der Waals surface area (Å²) in [6.07, 6.45) is 8.55. The van der Waals surface area contributed by atoms with Gasteiger partial charge in [-0.05, 0) is 79.0 Å². The van der Waals surface area contributed by atoms with Crippen LogP contribution in [0.4, 0.5) is 0 Å². The monoisotopic (exact) mass is 464 g/mol. The Morgan fingerprint density at radius 3 is 2.53 bits per heavy atom. The molecule has 0 amide bonds. The summed E-state index contributed by atoms with van der Waals surface area (Å²) in [6, 6.07) is 3.68. The zero-order valence-corrected chi connectivity index (χ0v) is 21.2. The highest BCUT2D eigenvalue weighted by Crippen LogP contribution is 2.58. The highest BCUT2D eigenvalue weighted by Gasteiger charge is 2.56. The van der Waals surface area contributed by atoms with Crippen molar-refractivity contribution in [2.24, 2.45) is 11.3 Å². The fourth-order valence-corrected chi connectivity index (χ4v) is 7.15. The molecule has 0 saturated heterocycles. The molecule has 0 aromatic heterocycles. The summed E-state index contributed by atoms with van der Waals surface area (Å²) in [4.78, 5) is 13.3. The molecule has 2 aliphatic carbocycles. The van der Waals surface area contributed by atoms with Crippen molar-refractivity contribution in [2.45, 2.75) is 109 Å². The van der Waals surface area contributed by atoms with Gasteiger partial charge >= 0.3 is 5.97 Å². The van der Waals surface area contributed by atoms with Crippen molar-refractivity contribution in [3.63, 3.8) is 0 Å². The van der Waals surface area contributed by atoms with E-state index >= 15 is 0 Å². The first kappa shape index (κ1) is 25.2. The van der Waals surface area contributed by atoms with Gasteiger partial charge in [0.25, 0.3) is 10.1 Å². The van der Waals surface area contributed by atoms with E-state index in [1.54, 1.807) is 6.07 Å². The second-order valence-corrected chi connectivity index (χ2v) is 12.0. The molecule has 0 bridgehead atoms. The van der Waals surface area contributed by atoms with Crippen molar-refractivity contribution < 1.29 is 22.5 Å². The predicted octanol–water partition coefficient (Wildman–Crippen LogP) is 6.19. The van der Waals surface area contributed by atoms with E-state index in [-0.39, 0.29) is 28.1 Å². The minimum atomic E-state index is -4.33. The zero-order valence-electron chi connectivity index (χ0n) is 20.4. The SMILES string of the molecule is CCCCCCOC(=O)C1(C)CCC[C@]2(C)c3cc(S(=O)(=O)O)c(C(C)C)cc3CCC12. The average molecular weight is 465 g/mol. The van der Waals surface area contributed by atoms with Crippen molar-refractivity contribution in [2.75, 3.05) is 6.61 Å². The highest BCUT2D eigenvalue weighted by molar-refractivity contribution is 7.85. The molecular formula is C26H40O5S. The Morgan fingerprint density at radius 2 is 1.91 bits per heavy atom. The first-order valence-corrected chi connectivity index (χ1v) is 13.7. The summed E-state index contributed by atoms with van der Waals surface area (Å²) in [6.45, 7) is 10.7. The van der Waals surface area contributed by atoms with Gasteiger partial charge in [-0.3, -0.25) is 9.35 Å². The van der Waals surface area contributed by atoms with Gasteiger partial charge in [-0.15, -0.1) is 0 Å². The molecule has 0 radical (unpaired) electrons. The molecule has 3 atom stereocenters. The van der Waals surface area contributed by atoms with E-state index in [2.05, 4.69) is 13.8 Å². The number of unbranched alkanes of at least 4 members (excludes halogenated alkanes) is 3. The first-order valence-electron chi connectivity index (χ1n) is 12.3. The van der Waals surface area contributed by atoms with E-state index in [9.17, 15) is 17.8 Å². The van der Waals surface area contributed by atoms with Crippen molar-refractivity contribution >= 4 is 16.1 Å². The van der Waals surface area contributed by atoms with Gasteiger partial charge in [0.05, 0.1) is 16.9 Å². The molecule has 1 N–H and O–H groups in total. The second kappa shape index (κ2) is 9.46. The fraction of sp³-hybridized carbons (Fsp3) is 0.731. The van der Waals surface area contributed by atoms with Gasteiger partial charge in [-0.1, -0.05) is 59.4 Å². The van der Waals surface area contributed by atoms with Crippen molar-refractivity contribution in [3.05, 3.63) is 28.8 Å². The van der Waals surface area contributed by atoms with Crippen molar-refractivity contribution in [1.82, 2.24) is 0 Å². The third kappa shape index (κ3) is 4.63. The molecule has 32 heavy (non-hydrogen) atoms. The molecule has 5 nitrogen and oxygen atoms in total. The number of hydrogen-bond acceptors (Lipinski definition) is 4. The highest BCUT2D eigenvalue weighted by atomic mass is 32.2. The lowest BCUT2D eigenvalue weighted by molar-refractivity contribution is -0.164. The number of aryl methyl sites for hydroxylation is 1. The molecule has 2 aliphatic rings. The number of benzene rings is 1. The molecule has 2 unspecified atom stereocenters. The minimum absolute atomic E-state index is 0.0120. The second-order valence-electron chi connectivity index (χ2n) is 10.7. The van der Waals surface area contributed by atoms with Crippen LogP contribution in [0.15, 0.2) is 17.0 Å². The molecule has 3 rings (SSSR count). The summed E-state index contributed by atoms with van der Waals surface area (Å²) in [5, 5.41) is 0. The molecule has 1 fully saturated rings. The Labute approximate surface area is 194 Å². The van der Waals surface area contributed by atoms with Gasteiger partial charge in [0.2, 0.25) is 0 Å². The molecule has 1 saturated carbocycles. The summed E-state index contributed by atoms with van der Waals surface area (Å²) in [5.41, 5.74) is 1.89. The standard InChI is InChI=1S/C26H40O5S/c1-6-7-8-9-15-31-24(27)26(5)14-10-13-25(4)21-17-22(32(28,29)30)20(18(2)3)16-19(21)11-12-23(25)26/h16-18,23H,6-15H2,1-5H3,(H,28,29,30)/t23?,25-,26?/m1/s1. The summed E-state index contributed by atoms with van der Waals surface area (Å²) >= 11 is 0. The summed E-state index contributed by atoms with van der Waals surface area (Å²) in [7, 11) is -4.33. The zero-order chi connectivity index (χ0) is 23.7. The largest absolute Gasteiger partial charge is 0.465 e. The van der Waals surface area contributed by atoms with Crippen LogP contribution in [0.25, 0.3) is 0 Å².